The molecule has 0 heterocycles. The zero-order valence-corrected chi connectivity index (χ0v) is 12.2. The van der Waals surface area contributed by atoms with E-state index in [0.29, 0.717) is 11.5 Å². The third kappa shape index (κ3) is 3.14. The quantitative estimate of drug-likeness (QED) is 0.883. The molecular weight excluding hydrogens is 311 g/mol. The van der Waals surface area contributed by atoms with Crippen molar-refractivity contribution in [1.29, 1.82) is 0 Å². The van der Waals surface area contributed by atoms with Crippen LogP contribution in [0.25, 0.3) is 0 Å². The highest BCUT2D eigenvalue weighted by Gasteiger charge is 2.15. The Kier molecular flexibility index (Phi) is 4.22. The van der Waals surface area contributed by atoms with Gasteiger partial charge in [-0.3, -0.25) is 0 Å². The molecule has 0 bridgehead atoms. The summed E-state index contributed by atoms with van der Waals surface area (Å²) in [6.07, 6.45) is -0.923. The lowest BCUT2D eigenvalue weighted by Crippen LogP contribution is -1.99. The molecule has 2 aromatic rings. The van der Waals surface area contributed by atoms with Crippen LogP contribution in [-0.4, -0.2) is 5.11 Å². The van der Waals surface area contributed by atoms with E-state index in [-0.39, 0.29) is 5.56 Å². The van der Waals surface area contributed by atoms with Crippen LogP contribution in [0.1, 0.15) is 24.2 Å². The number of aliphatic hydroxyl groups excluding tert-OH is 1. The minimum atomic E-state index is -0.923. The molecule has 19 heavy (non-hydrogen) atoms. The smallest absolute Gasteiger partial charge is 0.136 e. The summed E-state index contributed by atoms with van der Waals surface area (Å²) in [5.74, 6) is 0.464. The highest BCUT2D eigenvalue weighted by Crippen LogP contribution is 2.32. The number of hydrogen-bond acceptors (Lipinski definition) is 2. The Labute approximate surface area is 120 Å². The molecule has 0 aliphatic rings. The molecule has 2 nitrogen and oxygen atoms in total. The number of hydrogen-bond donors (Lipinski definition) is 1. The molecule has 0 fully saturated rings. The van der Waals surface area contributed by atoms with Crippen LogP contribution in [0.5, 0.6) is 11.5 Å². The third-order valence-electron chi connectivity index (χ3n) is 2.79. The molecule has 0 aromatic heterocycles. The molecule has 0 saturated heterocycles. The maximum Gasteiger partial charge on any atom is 0.136 e. The Balaban J connectivity index is 2.38. The van der Waals surface area contributed by atoms with E-state index in [4.69, 9.17) is 4.74 Å². The van der Waals surface area contributed by atoms with Gasteiger partial charge >= 0.3 is 0 Å². The number of rotatable bonds is 3. The van der Waals surface area contributed by atoms with Crippen molar-refractivity contribution in [2.45, 2.75) is 20.0 Å². The first-order valence-corrected chi connectivity index (χ1v) is 6.69. The molecule has 2 aromatic carbocycles. The van der Waals surface area contributed by atoms with Crippen LogP contribution in [0.3, 0.4) is 0 Å². The van der Waals surface area contributed by atoms with Crippen molar-refractivity contribution in [3.05, 3.63) is 57.8 Å². The minimum Gasteiger partial charge on any atom is -0.457 e. The number of benzene rings is 2. The van der Waals surface area contributed by atoms with Crippen LogP contribution in [0.4, 0.5) is 4.39 Å². The van der Waals surface area contributed by atoms with Crippen LogP contribution in [-0.2, 0) is 0 Å². The Bertz CT molecular complexity index is 597. The van der Waals surface area contributed by atoms with E-state index in [1.807, 2.05) is 19.1 Å². The van der Waals surface area contributed by atoms with E-state index in [9.17, 15) is 9.50 Å². The molecule has 0 aliphatic carbocycles. The molecule has 4 heteroatoms. The second-order valence-corrected chi connectivity index (χ2v) is 5.20. The fourth-order valence-electron chi connectivity index (χ4n) is 1.82. The van der Waals surface area contributed by atoms with Crippen molar-refractivity contribution >= 4 is 15.9 Å². The zero-order chi connectivity index (χ0) is 14.0. The first-order chi connectivity index (χ1) is 8.99. The van der Waals surface area contributed by atoms with Gasteiger partial charge in [-0.1, -0.05) is 22.0 Å². The predicted molar refractivity (Wildman–Crippen MR) is 76.0 cm³/mol. The minimum absolute atomic E-state index is 0.170. The van der Waals surface area contributed by atoms with E-state index in [1.165, 1.54) is 13.0 Å². The maximum atomic E-state index is 13.7. The summed E-state index contributed by atoms with van der Waals surface area (Å²) in [6, 6.07) is 10.0. The van der Waals surface area contributed by atoms with E-state index in [2.05, 4.69) is 15.9 Å². The lowest BCUT2D eigenvalue weighted by Gasteiger charge is -2.14. The molecule has 1 atom stereocenters. The monoisotopic (exact) mass is 324 g/mol. The van der Waals surface area contributed by atoms with E-state index in [0.717, 1.165) is 10.0 Å². The average Bonchev–Trinajstić information content (AvgIpc) is 2.33. The van der Waals surface area contributed by atoms with Crippen molar-refractivity contribution in [2.24, 2.45) is 0 Å². The standard InChI is InChI=1S/C15H14BrFO2/c1-9-8-11(6-7-12(9)16)19-14-5-3-4-13(17)15(14)10(2)18/h3-8,10,18H,1-2H3/t10-/m1/s1. The summed E-state index contributed by atoms with van der Waals surface area (Å²) in [5.41, 5.74) is 1.19. The summed E-state index contributed by atoms with van der Waals surface area (Å²) in [6.45, 7) is 3.45. The molecule has 0 radical (unpaired) electrons. The lowest BCUT2D eigenvalue weighted by molar-refractivity contribution is 0.190. The molecule has 2 rings (SSSR count). The summed E-state index contributed by atoms with van der Waals surface area (Å²) >= 11 is 3.41. The Morgan fingerprint density at radius 3 is 2.63 bits per heavy atom. The van der Waals surface area contributed by atoms with Gasteiger partial charge in [0.1, 0.15) is 17.3 Å². The fraction of sp³-hybridized carbons (Fsp3) is 0.200. The number of aliphatic hydroxyl groups is 1. The van der Waals surface area contributed by atoms with Crippen molar-refractivity contribution in [2.75, 3.05) is 0 Å². The molecule has 100 valence electrons. The zero-order valence-electron chi connectivity index (χ0n) is 10.7. The first kappa shape index (κ1) is 14.0. The van der Waals surface area contributed by atoms with Gasteiger partial charge in [-0.15, -0.1) is 0 Å². The molecule has 1 N–H and O–H groups in total. The predicted octanol–water partition coefficient (Wildman–Crippen LogP) is 4.74. The van der Waals surface area contributed by atoms with Gasteiger partial charge in [-0.25, -0.2) is 4.39 Å². The summed E-state index contributed by atoms with van der Waals surface area (Å²) < 4.78 is 20.3. The topological polar surface area (TPSA) is 29.5 Å². The second-order valence-electron chi connectivity index (χ2n) is 4.34. The Hall–Kier alpha value is -1.39. The van der Waals surface area contributed by atoms with Crippen molar-refractivity contribution in [1.82, 2.24) is 0 Å². The van der Waals surface area contributed by atoms with Crippen LogP contribution < -0.4 is 4.74 Å². The van der Waals surface area contributed by atoms with E-state index in [1.54, 1.807) is 18.2 Å². The number of halogens is 2. The van der Waals surface area contributed by atoms with Gasteiger partial charge in [0, 0.05) is 4.47 Å². The van der Waals surface area contributed by atoms with Crippen molar-refractivity contribution in [3.8, 4) is 11.5 Å². The van der Waals surface area contributed by atoms with Gasteiger partial charge in [0.25, 0.3) is 0 Å². The first-order valence-electron chi connectivity index (χ1n) is 5.89. The average molecular weight is 325 g/mol. The van der Waals surface area contributed by atoms with Crippen LogP contribution >= 0.6 is 15.9 Å². The lowest BCUT2D eigenvalue weighted by atomic mass is 10.1. The fourth-order valence-corrected chi connectivity index (χ4v) is 2.07. The number of ether oxygens (including phenoxy) is 1. The third-order valence-corrected chi connectivity index (χ3v) is 3.68. The van der Waals surface area contributed by atoms with Gasteiger partial charge in [0.15, 0.2) is 0 Å². The SMILES string of the molecule is Cc1cc(Oc2cccc(F)c2[C@@H](C)O)ccc1Br. The number of aryl methyl sites for hydroxylation is 1. The van der Waals surface area contributed by atoms with Gasteiger partial charge < -0.3 is 9.84 Å². The van der Waals surface area contributed by atoms with Gasteiger partial charge in [-0.05, 0) is 49.7 Å². The van der Waals surface area contributed by atoms with Crippen LogP contribution in [0, 0.1) is 12.7 Å². The van der Waals surface area contributed by atoms with Crippen molar-refractivity contribution in [3.63, 3.8) is 0 Å². The van der Waals surface area contributed by atoms with Crippen LogP contribution in [0.2, 0.25) is 0 Å². The summed E-state index contributed by atoms with van der Waals surface area (Å²) in [4.78, 5) is 0. The summed E-state index contributed by atoms with van der Waals surface area (Å²) in [5, 5.41) is 9.63. The van der Waals surface area contributed by atoms with Crippen molar-refractivity contribution < 1.29 is 14.2 Å². The molecule has 0 saturated carbocycles. The Morgan fingerprint density at radius 2 is 2.00 bits per heavy atom. The highest BCUT2D eigenvalue weighted by molar-refractivity contribution is 9.10. The van der Waals surface area contributed by atoms with Gasteiger partial charge in [0.05, 0.1) is 11.7 Å². The molecule has 0 aliphatic heterocycles. The Morgan fingerprint density at radius 1 is 1.26 bits per heavy atom. The van der Waals surface area contributed by atoms with E-state index >= 15 is 0 Å². The molecular formula is C15H14BrFO2. The molecule has 0 amide bonds. The normalized spacial score (nSPS) is 12.3. The molecule has 0 unspecified atom stereocenters. The van der Waals surface area contributed by atoms with Crippen LogP contribution in [0.15, 0.2) is 40.9 Å². The molecule has 0 spiro atoms. The second kappa shape index (κ2) is 5.72. The highest BCUT2D eigenvalue weighted by atomic mass is 79.9. The van der Waals surface area contributed by atoms with Gasteiger partial charge in [-0.2, -0.15) is 0 Å². The largest absolute Gasteiger partial charge is 0.457 e. The summed E-state index contributed by atoms with van der Waals surface area (Å²) in [7, 11) is 0. The maximum absolute atomic E-state index is 13.7. The van der Waals surface area contributed by atoms with Gasteiger partial charge in [0.2, 0.25) is 0 Å². The van der Waals surface area contributed by atoms with E-state index < -0.39 is 11.9 Å².